The monoisotopic (exact) mass is 520 g/mol. The molecule has 0 saturated carbocycles. The van der Waals surface area contributed by atoms with Gasteiger partial charge in [0, 0.05) is 29.8 Å². The number of benzene rings is 2. The third-order valence-corrected chi connectivity index (χ3v) is 6.64. The summed E-state index contributed by atoms with van der Waals surface area (Å²) in [5.41, 5.74) is 3.04. The van der Waals surface area contributed by atoms with Crippen molar-refractivity contribution in [3.8, 4) is 16.9 Å². The number of aromatic nitrogens is 3. The Bertz CT molecular complexity index is 1460. The summed E-state index contributed by atoms with van der Waals surface area (Å²) in [6, 6.07) is 15.0. The fraction of sp³-hybridized carbons (Fsp3) is 0.269. The number of hydrogen-bond acceptors (Lipinski definition) is 4. The highest BCUT2D eigenvalue weighted by atomic mass is 79.9. The van der Waals surface area contributed by atoms with E-state index in [1.165, 1.54) is 4.57 Å². The maximum Gasteiger partial charge on any atom is 0.259 e. The molecule has 0 saturated heterocycles. The summed E-state index contributed by atoms with van der Waals surface area (Å²) in [5.74, 6) is 1.15. The highest BCUT2D eigenvalue weighted by molar-refractivity contribution is 9.10. The number of halogens is 1. The minimum Gasteiger partial charge on any atom is -0.493 e. The van der Waals surface area contributed by atoms with Crippen molar-refractivity contribution in [1.82, 2.24) is 14.1 Å². The maximum atomic E-state index is 13.4. The molecule has 4 aromatic rings. The third-order valence-electron chi connectivity index (χ3n) is 6.15. The minimum atomic E-state index is -0.326. The van der Waals surface area contributed by atoms with Gasteiger partial charge in [0.05, 0.1) is 28.8 Å². The van der Waals surface area contributed by atoms with Gasteiger partial charge in [0.1, 0.15) is 5.75 Å². The fourth-order valence-corrected chi connectivity index (χ4v) is 4.76. The number of amides is 1. The van der Waals surface area contributed by atoms with Crippen molar-refractivity contribution in [2.75, 3.05) is 11.9 Å². The molecule has 7 nitrogen and oxygen atoms in total. The first kappa shape index (κ1) is 22.4. The first-order valence-corrected chi connectivity index (χ1v) is 12.1. The lowest BCUT2D eigenvalue weighted by Gasteiger charge is -2.16. The molecule has 0 unspecified atom stereocenters. The number of nitrogens with one attached hydrogen (secondary N) is 1. The molecule has 0 spiro atoms. The van der Waals surface area contributed by atoms with Crippen LogP contribution < -0.4 is 15.6 Å². The predicted octanol–water partition coefficient (Wildman–Crippen LogP) is 5.23. The number of carbonyl (C=O) groups excluding carboxylic acids is 1. The molecule has 174 valence electrons. The molecule has 1 aliphatic heterocycles. The van der Waals surface area contributed by atoms with Gasteiger partial charge in [-0.1, -0.05) is 41.1 Å². The summed E-state index contributed by atoms with van der Waals surface area (Å²) in [5, 5.41) is 2.99. The van der Waals surface area contributed by atoms with Crippen molar-refractivity contribution >= 4 is 38.8 Å². The first-order chi connectivity index (χ1) is 16.4. The van der Waals surface area contributed by atoms with Crippen molar-refractivity contribution in [3.05, 3.63) is 75.1 Å². The molecule has 1 N–H and O–H groups in total. The Morgan fingerprint density at radius 1 is 1.12 bits per heavy atom. The van der Waals surface area contributed by atoms with Crippen molar-refractivity contribution < 1.29 is 9.53 Å². The highest BCUT2D eigenvalue weighted by Crippen LogP contribution is 2.30. The Morgan fingerprint density at radius 3 is 2.79 bits per heavy atom. The molecular formula is C26H25BrN4O3. The molecule has 2 aromatic heterocycles. The topological polar surface area (TPSA) is 78.2 Å². The smallest absolute Gasteiger partial charge is 0.259 e. The Hall–Kier alpha value is -3.39. The van der Waals surface area contributed by atoms with Gasteiger partial charge in [-0.15, -0.1) is 0 Å². The zero-order valence-electron chi connectivity index (χ0n) is 19.0. The summed E-state index contributed by atoms with van der Waals surface area (Å²) in [6.45, 7) is 3.44. The van der Waals surface area contributed by atoms with Crippen molar-refractivity contribution in [3.63, 3.8) is 0 Å². The van der Waals surface area contributed by atoms with Gasteiger partial charge in [0.2, 0.25) is 5.95 Å². The predicted molar refractivity (Wildman–Crippen MR) is 136 cm³/mol. The minimum absolute atomic E-state index is 0.192. The normalized spacial score (nSPS) is 16.6. The number of fused-ring (bicyclic) bond motifs is 7. The summed E-state index contributed by atoms with van der Waals surface area (Å²) < 4.78 is 10.5. The van der Waals surface area contributed by atoms with Crippen LogP contribution in [0.3, 0.4) is 0 Å². The molecule has 34 heavy (non-hydrogen) atoms. The van der Waals surface area contributed by atoms with Crippen molar-refractivity contribution in [2.45, 2.75) is 26.3 Å². The van der Waals surface area contributed by atoms with Crippen molar-refractivity contribution in [1.29, 1.82) is 0 Å². The van der Waals surface area contributed by atoms with Gasteiger partial charge in [-0.3, -0.25) is 14.9 Å². The first-order valence-electron chi connectivity index (χ1n) is 11.3. The van der Waals surface area contributed by atoms with Crippen LogP contribution in [0.4, 0.5) is 5.95 Å². The molecule has 0 aliphatic carbocycles. The lowest BCUT2D eigenvalue weighted by molar-refractivity contribution is 0.102. The largest absolute Gasteiger partial charge is 0.493 e. The van der Waals surface area contributed by atoms with Crippen LogP contribution in [0.1, 0.15) is 30.1 Å². The molecule has 0 fully saturated rings. The molecule has 5 rings (SSSR count). The average Bonchev–Trinajstić information content (AvgIpc) is 3.14. The van der Waals surface area contributed by atoms with Crippen LogP contribution in [-0.4, -0.2) is 26.6 Å². The van der Waals surface area contributed by atoms with E-state index in [2.05, 4.69) is 32.7 Å². The zero-order chi connectivity index (χ0) is 23.8. The SMILES string of the molecule is C[C@@H]1CCCOc2ccccc2-c2cc(cn(C)c2=O)C(=O)Nc2nc3ccc(Br)cc3n2C1. The van der Waals surface area contributed by atoms with E-state index in [-0.39, 0.29) is 11.5 Å². The summed E-state index contributed by atoms with van der Waals surface area (Å²) in [7, 11) is 1.65. The van der Waals surface area contributed by atoms with E-state index < -0.39 is 0 Å². The van der Waals surface area contributed by atoms with E-state index in [0.717, 1.165) is 28.3 Å². The maximum absolute atomic E-state index is 13.4. The molecule has 1 amide bonds. The van der Waals surface area contributed by atoms with Crippen LogP contribution >= 0.6 is 15.9 Å². The van der Waals surface area contributed by atoms with Gasteiger partial charge in [-0.2, -0.15) is 0 Å². The number of rotatable bonds is 0. The van der Waals surface area contributed by atoms with Gasteiger partial charge in [0.15, 0.2) is 0 Å². The average molecular weight is 521 g/mol. The number of carbonyl (C=O) groups is 1. The van der Waals surface area contributed by atoms with Crippen LogP contribution in [0.25, 0.3) is 22.2 Å². The number of anilines is 1. The number of pyridine rings is 1. The summed E-state index contributed by atoms with van der Waals surface area (Å²) in [4.78, 5) is 31.1. The van der Waals surface area contributed by atoms with E-state index >= 15 is 0 Å². The molecule has 2 aromatic carbocycles. The van der Waals surface area contributed by atoms with Crippen LogP contribution in [0.15, 0.2) is 64.0 Å². The number of ether oxygens (including phenoxy) is 1. The van der Waals surface area contributed by atoms with Gasteiger partial charge in [-0.05, 0) is 49.1 Å². The number of imidazole rings is 1. The lowest BCUT2D eigenvalue weighted by Crippen LogP contribution is -2.23. The number of nitrogens with zero attached hydrogens (tertiary/aromatic N) is 3. The van der Waals surface area contributed by atoms with E-state index in [0.29, 0.717) is 47.5 Å². The quantitative estimate of drug-likeness (QED) is 0.344. The van der Waals surface area contributed by atoms with Crippen LogP contribution in [0.5, 0.6) is 5.75 Å². The van der Waals surface area contributed by atoms with Crippen LogP contribution in [-0.2, 0) is 13.6 Å². The molecule has 2 bridgehead atoms. The highest BCUT2D eigenvalue weighted by Gasteiger charge is 2.20. The second kappa shape index (κ2) is 9.10. The summed E-state index contributed by atoms with van der Waals surface area (Å²) in [6.07, 6.45) is 3.36. The number of aryl methyl sites for hydroxylation is 1. The Balaban J connectivity index is 1.66. The Kier molecular flexibility index (Phi) is 6.00. The molecule has 0 radical (unpaired) electrons. The van der Waals surface area contributed by atoms with Crippen molar-refractivity contribution in [2.24, 2.45) is 13.0 Å². The summed E-state index contributed by atoms with van der Waals surface area (Å²) >= 11 is 3.55. The van der Waals surface area contributed by atoms with Gasteiger partial charge in [0.25, 0.3) is 11.5 Å². The van der Waals surface area contributed by atoms with Gasteiger partial charge in [-0.25, -0.2) is 4.98 Å². The lowest BCUT2D eigenvalue weighted by atomic mass is 10.0. The van der Waals surface area contributed by atoms with E-state index in [4.69, 9.17) is 9.72 Å². The van der Waals surface area contributed by atoms with Gasteiger partial charge >= 0.3 is 0 Å². The second-order valence-corrected chi connectivity index (χ2v) is 9.70. The van der Waals surface area contributed by atoms with E-state index in [1.54, 1.807) is 19.3 Å². The Labute approximate surface area is 205 Å². The number of hydrogen-bond donors (Lipinski definition) is 1. The van der Waals surface area contributed by atoms with E-state index in [9.17, 15) is 9.59 Å². The molecule has 8 heteroatoms. The number of para-hydroxylation sites is 1. The fourth-order valence-electron chi connectivity index (χ4n) is 4.41. The third kappa shape index (κ3) is 4.25. The van der Waals surface area contributed by atoms with Crippen LogP contribution in [0.2, 0.25) is 0 Å². The molecule has 3 heterocycles. The van der Waals surface area contributed by atoms with E-state index in [1.807, 2.05) is 42.5 Å². The molecule has 1 atom stereocenters. The van der Waals surface area contributed by atoms with Crippen LogP contribution in [0, 0.1) is 5.92 Å². The zero-order valence-corrected chi connectivity index (χ0v) is 20.6. The van der Waals surface area contributed by atoms with Gasteiger partial charge < -0.3 is 13.9 Å². The standard InChI is InChI=1S/C26H25BrN4O3/c1-16-6-5-11-34-23-8-4-3-7-19(23)20-12-17(15-30(2)25(20)33)24(32)29-26-28-21-10-9-18(27)13-22(21)31(26)14-16/h3-4,7-10,12-13,15-16H,5-6,11,14H2,1-2H3,(H,28,29,32)/t16-/m1/s1. The second-order valence-electron chi connectivity index (χ2n) is 8.78. The Morgan fingerprint density at radius 2 is 1.94 bits per heavy atom. The molecule has 1 aliphatic rings. The molecular weight excluding hydrogens is 496 g/mol.